The monoisotopic (exact) mass is 201 g/mol. The van der Waals surface area contributed by atoms with Crippen molar-refractivity contribution in [3.05, 3.63) is 0 Å². The van der Waals surface area contributed by atoms with Gasteiger partial charge in [0.1, 0.15) is 0 Å². The maximum absolute atomic E-state index is 9.76. The van der Waals surface area contributed by atoms with Crippen LogP contribution in [0, 0.1) is 0 Å². The van der Waals surface area contributed by atoms with E-state index in [1.165, 1.54) is 0 Å². The largest absolute Gasteiger partial charge is 0.391 e. The number of β-amino-alcohol motifs (C(OH)–C–C–N with tert-alkyl or cyclic N) is 1. The molecule has 14 heavy (non-hydrogen) atoms. The van der Waals surface area contributed by atoms with E-state index in [0.717, 1.165) is 25.8 Å². The van der Waals surface area contributed by atoms with Gasteiger partial charge in [0, 0.05) is 19.1 Å². The summed E-state index contributed by atoms with van der Waals surface area (Å²) >= 11 is 0. The fourth-order valence-electron chi connectivity index (χ4n) is 2.46. The zero-order valence-electron chi connectivity index (χ0n) is 8.43. The molecule has 1 saturated heterocycles. The molecular formula is C10H19NO3. The van der Waals surface area contributed by atoms with Crippen molar-refractivity contribution in [2.24, 2.45) is 0 Å². The molecule has 1 unspecified atom stereocenters. The van der Waals surface area contributed by atoms with Crippen LogP contribution in [0.2, 0.25) is 0 Å². The van der Waals surface area contributed by atoms with Crippen LogP contribution in [-0.2, 0) is 4.74 Å². The van der Waals surface area contributed by atoms with Gasteiger partial charge in [0.05, 0.1) is 25.4 Å². The van der Waals surface area contributed by atoms with Gasteiger partial charge in [-0.25, -0.2) is 0 Å². The first-order valence-electron chi connectivity index (χ1n) is 5.45. The van der Waals surface area contributed by atoms with Gasteiger partial charge in [-0.1, -0.05) is 0 Å². The third-order valence-electron chi connectivity index (χ3n) is 3.19. The minimum Gasteiger partial charge on any atom is -0.391 e. The highest BCUT2D eigenvalue weighted by molar-refractivity contribution is 4.86. The molecule has 2 N–H and O–H groups in total. The smallest absolute Gasteiger partial charge is 0.0900 e. The summed E-state index contributed by atoms with van der Waals surface area (Å²) in [6, 6.07) is 0.242. The Labute approximate surface area is 84.5 Å². The van der Waals surface area contributed by atoms with Crippen molar-refractivity contribution in [3.8, 4) is 0 Å². The van der Waals surface area contributed by atoms with Gasteiger partial charge in [0.2, 0.25) is 0 Å². The molecule has 3 atom stereocenters. The molecule has 2 aliphatic rings. The number of hydrogen-bond donors (Lipinski definition) is 2. The number of ether oxygens (including phenoxy) is 1. The van der Waals surface area contributed by atoms with Crippen molar-refractivity contribution in [3.63, 3.8) is 0 Å². The molecule has 0 radical (unpaired) electrons. The summed E-state index contributed by atoms with van der Waals surface area (Å²) in [5.74, 6) is 0. The molecule has 2 fully saturated rings. The molecule has 1 saturated carbocycles. The average molecular weight is 201 g/mol. The fourth-order valence-corrected chi connectivity index (χ4v) is 2.46. The van der Waals surface area contributed by atoms with Gasteiger partial charge in [-0.2, -0.15) is 0 Å². The second-order valence-electron chi connectivity index (χ2n) is 4.29. The lowest BCUT2D eigenvalue weighted by Crippen LogP contribution is -2.44. The van der Waals surface area contributed by atoms with Crippen LogP contribution in [0.5, 0.6) is 0 Å². The molecule has 4 heteroatoms. The molecule has 0 spiro atoms. The van der Waals surface area contributed by atoms with E-state index < -0.39 is 6.10 Å². The lowest BCUT2D eigenvalue weighted by Gasteiger charge is -2.30. The van der Waals surface area contributed by atoms with Crippen LogP contribution in [0.25, 0.3) is 0 Å². The zero-order valence-corrected chi connectivity index (χ0v) is 8.43. The maximum atomic E-state index is 9.76. The van der Waals surface area contributed by atoms with Gasteiger partial charge in [0.25, 0.3) is 0 Å². The first-order chi connectivity index (χ1) is 6.77. The normalized spacial score (nSPS) is 41.1. The van der Waals surface area contributed by atoms with E-state index in [-0.39, 0.29) is 12.1 Å². The average Bonchev–Trinajstić information content (AvgIpc) is 2.45. The van der Waals surface area contributed by atoms with E-state index in [1.54, 1.807) is 0 Å². The molecule has 4 nitrogen and oxygen atoms in total. The Bertz CT molecular complexity index is 188. The van der Waals surface area contributed by atoms with Crippen LogP contribution < -0.4 is 0 Å². The quantitative estimate of drug-likeness (QED) is 0.606. The van der Waals surface area contributed by atoms with E-state index in [9.17, 15) is 10.2 Å². The number of hydrogen-bond acceptors (Lipinski definition) is 4. The van der Waals surface area contributed by atoms with Crippen molar-refractivity contribution >= 4 is 0 Å². The second-order valence-corrected chi connectivity index (χ2v) is 4.29. The molecule has 2 rings (SSSR count). The molecule has 1 heterocycles. The molecule has 0 bridgehead atoms. The molecule has 0 amide bonds. The lowest BCUT2D eigenvalue weighted by molar-refractivity contribution is 0.0401. The highest BCUT2D eigenvalue weighted by atomic mass is 16.5. The summed E-state index contributed by atoms with van der Waals surface area (Å²) in [4.78, 5) is 2.18. The van der Waals surface area contributed by atoms with E-state index in [2.05, 4.69) is 4.90 Å². The Morgan fingerprint density at radius 3 is 2.79 bits per heavy atom. The molecule has 0 aromatic carbocycles. The minimum atomic E-state index is -0.398. The van der Waals surface area contributed by atoms with E-state index >= 15 is 0 Å². The predicted octanol–water partition coefficient (Wildman–Crippen LogP) is -0.407. The standard InChI is InChI=1S/C10H19NO3/c12-8-6-11(4-5-14-7-8)9-2-1-3-10(9)13/h8-10,12-13H,1-7H2/t8?,9-,10-/m1/s1. The number of aliphatic hydroxyl groups is 2. The Hall–Kier alpha value is -0.160. The van der Waals surface area contributed by atoms with E-state index in [4.69, 9.17) is 4.74 Å². The number of rotatable bonds is 1. The van der Waals surface area contributed by atoms with E-state index in [0.29, 0.717) is 19.8 Å². The summed E-state index contributed by atoms with van der Waals surface area (Å²) in [5, 5.41) is 19.3. The predicted molar refractivity (Wildman–Crippen MR) is 52.0 cm³/mol. The van der Waals surface area contributed by atoms with Crippen LogP contribution in [0.1, 0.15) is 19.3 Å². The summed E-state index contributed by atoms with van der Waals surface area (Å²) in [5.41, 5.74) is 0. The fraction of sp³-hybridized carbons (Fsp3) is 1.00. The summed E-state index contributed by atoms with van der Waals surface area (Å²) in [7, 11) is 0. The van der Waals surface area contributed by atoms with Crippen molar-refractivity contribution in [1.29, 1.82) is 0 Å². The molecule has 1 aliphatic heterocycles. The Morgan fingerprint density at radius 1 is 1.21 bits per heavy atom. The number of aliphatic hydroxyl groups excluding tert-OH is 2. The second kappa shape index (κ2) is 4.57. The Kier molecular flexibility index (Phi) is 3.38. The van der Waals surface area contributed by atoms with Gasteiger partial charge in [-0.05, 0) is 19.3 Å². The Morgan fingerprint density at radius 2 is 2.07 bits per heavy atom. The molecule has 0 aromatic heterocycles. The van der Waals surface area contributed by atoms with Crippen molar-refractivity contribution in [2.75, 3.05) is 26.3 Å². The lowest BCUT2D eigenvalue weighted by atomic mass is 10.1. The molecule has 82 valence electrons. The third-order valence-corrected chi connectivity index (χ3v) is 3.19. The molecule has 1 aliphatic carbocycles. The van der Waals surface area contributed by atoms with Gasteiger partial charge < -0.3 is 14.9 Å². The topological polar surface area (TPSA) is 52.9 Å². The van der Waals surface area contributed by atoms with Gasteiger partial charge in [-0.3, -0.25) is 4.90 Å². The summed E-state index contributed by atoms with van der Waals surface area (Å²) < 4.78 is 5.26. The van der Waals surface area contributed by atoms with Crippen molar-refractivity contribution in [1.82, 2.24) is 4.90 Å². The maximum Gasteiger partial charge on any atom is 0.0900 e. The summed E-state index contributed by atoms with van der Waals surface area (Å²) in [6.07, 6.45) is 2.44. The van der Waals surface area contributed by atoms with Crippen LogP contribution >= 0.6 is 0 Å². The molecular weight excluding hydrogens is 182 g/mol. The Balaban J connectivity index is 1.94. The highest BCUT2D eigenvalue weighted by Gasteiger charge is 2.32. The van der Waals surface area contributed by atoms with Gasteiger partial charge in [-0.15, -0.1) is 0 Å². The van der Waals surface area contributed by atoms with Gasteiger partial charge in [0.15, 0.2) is 0 Å². The van der Waals surface area contributed by atoms with Crippen LogP contribution in [0.4, 0.5) is 0 Å². The first kappa shape index (κ1) is 10.4. The molecule has 0 aromatic rings. The highest BCUT2D eigenvalue weighted by Crippen LogP contribution is 2.24. The van der Waals surface area contributed by atoms with Crippen LogP contribution in [-0.4, -0.2) is 59.7 Å². The van der Waals surface area contributed by atoms with Crippen molar-refractivity contribution < 1.29 is 14.9 Å². The van der Waals surface area contributed by atoms with Crippen LogP contribution in [0.15, 0.2) is 0 Å². The first-order valence-corrected chi connectivity index (χ1v) is 5.45. The number of nitrogens with zero attached hydrogens (tertiary/aromatic N) is 1. The van der Waals surface area contributed by atoms with Crippen LogP contribution in [0.3, 0.4) is 0 Å². The van der Waals surface area contributed by atoms with E-state index in [1.807, 2.05) is 0 Å². The van der Waals surface area contributed by atoms with Crippen molar-refractivity contribution in [2.45, 2.75) is 37.5 Å². The third kappa shape index (κ3) is 2.25. The van der Waals surface area contributed by atoms with Gasteiger partial charge >= 0.3 is 0 Å². The minimum absolute atomic E-state index is 0.208. The summed E-state index contributed by atoms with van der Waals surface area (Å²) in [6.45, 7) is 2.57. The zero-order chi connectivity index (χ0) is 9.97. The SMILES string of the molecule is OC1COCCN([C@@H]2CCC[C@H]2O)C1.